The summed E-state index contributed by atoms with van der Waals surface area (Å²) in [7, 11) is 1.39. The van der Waals surface area contributed by atoms with Gasteiger partial charge >= 0.3 is 0 Å². The van der Waals surface area contributed by atoms with Crippen LogP contribution in [-0.4, -0.2) is 28.2 Å². The molecule has 0 aromatic heterocycles. The van der Waals surface area contributed by atoms with Gasteiger partial charge < -0.3 is 20.1 Å². The molecule has 0 saturated carbocycles. The molecule has 0 aliphatic carbocycles. The van der Waals surface area contributed by atoms with E-state index in [1.54, 1.807) is 12.1 Å². The van der Waals surface area contributed by atoms with E-state index in [9.17, 15) is 15.0 Å². The summed E-state index contributed by atoms with van der Waals surface area (Å²) in [6.45, 7) is 0. The molecule has 0 atom stereocenters. The first kappa shape index (κ1) is 14.5. The third kappa shape index (κ3) is 3.33. The first-order valence-corrected chi connectivity index (χ1v) is 6.12. The molecule has 108 valence electrons. The normalized spacial score (nSPS) is 10.7. The van der Waals surface area contributed by atoms with Gasteiger partial charge in [-0.2, -0.15) is 0 Å². The molecule has 0 bridgehead atoms. The minimum absolute atomic E-state index is 0.129. The summed E-state index contributed by atoms with van der Waals surface area (Å²) in [5.41, 5.74) is 0.513. The first-order chi connectivity index (χ1) is 10.0. The molecule has 21 heavy (non-hydrogen) atoms. The van der Waals surface area contributed by atoms with Gasteiger partial charge in [-0.25, -0.2) is 0 Å². The van der Waals surface area contributed by atoms with Gasteiger partial charge in [-0.15, -0.1) is 0 Å². The van der Waals surface area contributed by atoms with Crippen molar-refractivity contribution in [2.45, 2.75) is 0 Å². The molecule has 0 saturated heterocycles. The Labute approximate surface area is 121 Å². The summed E-state index contributed by atoms with van der Waals surface area (Å²) >= 11 is 0. The Morgan fingerprint density at radius 1 is 1.05 bits per heavy atom. The van der Waals surface area contributed by atoms with Gasteiger partial charge in [0.2, 0.25) is 0 Å². The van der Waals surface area contributed by atoms with Crippen LogP contribution in [0.5, 0.6) is 23.0 Å². The standard InChI is InChI=1S/C16H14O5/c1-21-12-8-14(19)16(15(20)9-12)13(18)7-4-10-2-5-11(17)6-3-10/h2-9,17,19-20H,1H3/b7-4+. The molecule has 0 fully saturated rings. The van der Waals surface area contributed by atoms with Gasteiger partial charge in [-0.1, -0.05) is 18.2 Å². The van der Waals surface area contributed by atoms with Crippen molar-refractivity contribution < 1.29 is 24.9 Å². The van der Waals surface area contributed by atoms with E-state index in [4.69, 9.17) is 9.84 Å². The SMILES string of the molecule is COc1cc(O)c(C(=O)/C=C/c2ccc(O)cc2)c(O)c1. The second-order valence-corrected chi connectivity index (χ2v) is 4.33. The molecule has 0 spiro atoms. The van der Waals surface area contributed by atoms with Crippen LogP contribution in [0.2, 0.25) is 0 Å². The summed E-state index contributed by atoms with van der Waals surface area (Å²) in [6, 6.07) is 8.75. The average Bonchev–Trinajstić information content (AvgIpc) is 2.45. The molecule has 2 aromatic carbocycles. The zero-order valence-corrected chi connectivity index (χ0v) is 11.3. The molecule has 0 radical (unpaired) electrons. The fourth-order valence-electron chi connectivity index (χ4n) is 1.80. The van der Waals surface area contributed by atoms with Crippen LogP contribution in [0, 0.1) is 0 Å². The lowest BCUT2D eigenvalue weighted by Gasteiger charge is -2.07. The number of hydrogen-bond acceptors (Lipinski definition) is 5. The largest absolute Gasteiger partial charge is 0.508 e. The number of phenols is 3. The number of carbonyl (C=O) groups is 1. The molecule has 0 aliphatic heterocycles. The van der Waals surface area contributed by atoms with Crippen molar-refractivity contribution in [3.05, 3.63) is 53.6 Å². The van der Waals surface area contributed by atoms with E-state index in [-0.39, 0.29) is 28.6 Å². The van der Waals surface area contributed by atoms with E-state index >= 15 is 0 Å². The minimum atomic E-state index is -0.541. The number of benzene rings is 2. The number of ketones is 1. The van der Waals surface area contributed by atoms with Crippen LogP contribution >= 0.6 is 0 Å². The van der Waals surface area contributed by atoms with E-state index in [1.807, 2.05) is 0 Å². The van der Waals surface area contributed by atoms with Gasteiger partial charge in [0.05, 0.1) is 7.11 Å². The van der Waals surface area contributed by atoms with Crippen molar-refractivity contribution in [3.63, 3.8) is 0 Å². The van der Waals surface area contributed by atoms with Crippen molar-refractivity contribution in [2.24, 2.45) is 0 Å². The van der Waals surface area contributed by atoms with E-state index in [0.717, 1.165) is 0 Å². The number of phenolic OH excluding ortho intramolecular Hbond substituents is 3. The van der Waals surface area contributed by atoms with Crippen LogP contribution in [0.1, 0.15) is 15.9 Å². The smallest absolute Gasteiger partial charge is 0.193 e. The molecular weight excluding hydrogens is 272 g/mol. The predicted molar refractivity (Wildman–Crippen MR) is 77.8 cm³/mol. The molecule has 0 aliphatic rings. The summed E-state index contributed by atoms with van der Waals surface area (Å²) in [5.74, 6) is -0.867. The van der Waals surface area contributed by atoms with Gasteiger partial charge in [-0.05, 0) is 23.8 Å². The molecule has 2 rings (SSSR count). The summed E-state index contributed by atoms with van der Waals surface area (Å²) in [6.07, 6.45) is 2.75. The topological polar surface area (TPSA) is 87.0 Å². The van der Waals surface area contributed by atoms with E-state index in [1.165, 1.54) is 43.5 Å². The number of ether oxygens (including phenoxy) is 1. The molecule has 0 unspecified atom stereocenters. The fraction of sp³-hybridized carbons (Fsp3) is 0.0625. The van der Waals surface area contributed by atoms with Gasteiger partial charge in [0.1, 0.15) is 28.6 Å². The van der Waals surface area contributed by atoms with Gasteiger partial charge in [-0.3, -0.25) is 4.79 Å². The lowest BCUT2D eigenvalue weighted by atomic mass is 10.1. The highest BCUT2D eigenvalue weighted by Gasteiger charge is 2.15. The van der Waals surface area contributed by atoms with Crippen LogP contribution < -0.4 is 4.74 Å². The van der Waals surface area contributed by atoms with Crippen LogP contribution in [0.25, 0.3) is 6.08 Å². The average molecular weight is 286 g/mol. The van der Waals surface area contributed by atoms with E-state index in [2.05, 4.69) is 0 Å². The number of hydrogen-bond donors (Lipinski definition) is 3. The highest BCUT2D eigenvalue weighted by molar-refractivity contribution is 6.10. The highest BCUT2D eigenvalue weighted by Crippen LogP contribution is 2.33. The lowest BCUT2D eigenvalue weighted by molar-refractivity contribution is 0.104. The highest BCUT2D eigenvalue weighted by atomic mass is 16.5. The van der Waals surface area contributed by atoms with E-state index in [0.29, 0.717) is 5.56 Å². The Kier molecular flexibility index (Phi) is 4.13. The molecule has 0 heterocycles. The van der Waals surface area contributed by atoms with E-state index < -0.39 is 5.78 Å². The number of allylic oxidation sites excluding steroid dienone is 1. The van der Waals surface area contributed by atoms with Crippen LogP contribution in [0.15, 0.2) is 42.5 Å². The van der Waals surface area contributed by atoms with Crippen molar-refractivity contribution >= 4 is 11.9 Å². The van der Waals surface area contributed by atoms with Crippen molar-refractivity contribution in [2.75, 3.05) is 7.11 Å². The van der Waals surface area contributed by atoms with Crippen LogP contribution in [0.4, 0.5) is 0 Å². The number of rotatable bonds is 4. The Morgan fingerprint density at radius 3 is 2.14 bits per heavy atom. The Morgan fingerprint density at radius 2 is 1.62 bits per heavy atom. The van der Waals surface area contributed by atoms with Crippen molar-refractivity contribution in [1.29, 1.82) is 0 Å². The van der Waals surface area contributed by atoms with Crippen molar-refractivity contribution in [3.8, 4) is 23.0 Å². The third-order valence-corrected chi connectivity index (χ3v) is 2.87. The molecule has 2 aromatic rings. The summed E-state index contributed by atoms with van der Waals surface area (Å²) < 4.78 is 4.88. The van der Waals surface area contributed by atoms with Gasteiger partial charge in [0, 0.05) is 12.1 Å². The Hall–Kier alpha value is -2.95. The number of carbonyl (C=O) groups excluding carboxylic acids is 1. The minimum Gasteiger partial charge on any atom is -0.508 e. The van der Waals surface area contributed by atoms with Crippen molar-refractivity contribution in [1.82, 2.24) is 0 Å². The Balaban J connectivity index is 2.26. The lowest BCUT2D eigenvalue weighted by Crippen LogP contribution is -1.96. The van der Waals surface area contributed by atoms with Gasteiger partial charge in [0.25, 0.3) is 0 Å². The maximum absolute atomic E-state index is 12.0. The molecule has 0 amide bonds. The monoisotopic (exact) mass is 286 g/mol. The maximum atomic E-state index is 12.0. The fourth-order valence-corrected chi connectivity index (χ4v) is 1.80. The Bertz CT molecular complexity index is 663. The second-order valence-electron chi connectivity index (χ2n) is 4.33. The summed E-state index contributed by atoms with van der Waals surface area (Å²) in [4.78, 5) is 12.0. The summed E-state index contributed by atoms with van der Waals surface area (Å²) in [5, 5.41) is 28.7. The van der Waals surface area contributed by atoms with Crippen LogP contribution in [0.3, 0.4) is 0 Å². The molecule has 3 N–H and O–H groups in total. The van der Waals surface area contributed by atoms with Gasteiger partial charge in [0.15, 0.2) is 5.78 Å². The quantitative estimate of drug-likeness (QED) is 0.594. The second kappa shape index (κ2) is 6.00. The third-order valence-electron chi connectivity index (χ3n) is 2.87. The molecular formula is C16H14O5. The number of methoxy groups -OCH3 is 1. The maximum Gasteiger partial charge on any atom is 0.193 e. The zero-order chi connectivity index (χ0) is 15.4. The number of aromatic hydroxyl groups is 3. The molecule has 5 nitrogen and oxygen atoms in total. The zero-order valence-electron chi connectivity index (χ0n) is 11.3. The first-order valence-electron chi connectivity index (χ1n) is 6.12. The molecule has 5 heteroatoms. The predicted octanol–water partition coefficient (Wildman–Crippen LogP) is 2.71. The van der Waals surface area contributed by atoms with Crippen LogP contribution in [-0.2, 0) is 0 Å².